The van der Waals surface area contributed by atoms with Crippen molar-refractivity contribution in [3.05, 3.63) is 11.4 Å². The monoisotopic (exact) mass is 291 g/mol. The molecule has 2 aromatic rings. The lowest BCUT2D eigenvalue weighted by atomic mass is 10.0. The van der Waals surface area contributed by atoms with Crippen LogP contribution in [0.2, 0.25) is 0 Å². The van der Waals surface area contributed by atoms with Gasteiger partial charge in [-0.25, -0.2) is 4.98 Å². The van der Waals surface area contributed by atoms with Gasteiger partial charge in [-0.3, -0.25) is 14.5 Å². The molecule has 104 valence electrons. The Morgan fingerprint density at radius 3 is 3.05 bits per heavy atom. The number of anilines is 2. The molecule has 0 radical (unpaired) electrons. The first-order valence-electron chi connectivity index (χ1n) is 6.14. The fourth-order valence-electron chi connectivity index (χ4n) is 2.20. The summed E-state index contributed by atoms with van der Waals surface area (Å²) < 4.78 is 0. The molecule has 2 amide bonds. The number of likely N-dealkylation sites (N-methyl/N-ethyl adjacent to an activating group) is 1. The molecule has 3 rings (SSSR count). The van der Waals surface area contributed by atoms with Gasteiger partial charge in [-0.15, -0.1) is 11.3 Å². The summed E-state index contributed by atoms with van der Waals surface area (Å²) in [6.45, 7) is 0. The number of fused-ring (bicyclic) bond motifs is 1. The van der Waals surface area contributed by atoms with Crippen LogP contribution in [-0.4, -0.2) is 39.8 Å². The van der Waals surface area contributed by atoms with Crippen LogP contribution in [0.4, 0.5) is 11.8 Å². The zero-order valence-electron chi connectivity index (χ0n) is 10.8. The number of imide groups is 1. The van der Waals surface area contributed by atoms with Crippen molar-refractivity contribution in [1.29, 1.82) is 0 Å². The number of likely N-dealkylation sites (tertiary alicyclic amines) is 1. The second-order valence-electron chi connectivity index (χ2n) is 4.60. The number of thiophene rings is 1. The smallest absolute Gasteiger partial charge is 0.251 e. The van der Waals surface area contributed by atoms with Gasteiger partial charge in [-0.2, -0.15) is 4.98 Å². The standard InChI is InChI=1S/C12H13N5O2S/c1-17-8(18)3-2-7(11(17)19)14-9-6-4-5-20-10(6)16-12(13)15-9/h4-5,7H,2-3H2,1H3,(H3,13,14,15,16). The molecule has 1 aliphatic rings. The topological polar surface area (TPSA) is 101 Å². The van der Waals surface area contributed by atoms with Crippen molar-refractivity contribution in [2.75, 3.05) is 18.1 Å². The SMILES string of the molecule is CN1C(=O)CCC(Nc2nc(N)nc3sccc23)C1=O. The van der Waals surface area contributed by atoms with Crippen molar-refractivity contribution in [1.82, 2.24) is 14.9 Å². The molecule has 8 heteroatoms. The van der Waals surface area contributed by atoms with Crippen molar-refractivity contribution in [3.63, 3.8) is 0 Å². The molecule has 3 heterocycles. The summed E-state index contributed by atoms with van der Waals surface area (Å²) in [6.07, 6.45) is 0.796. The summed E-state index contributed by atoms with van der Waals surface area (Å²) in [6, 6.07) is 1.42. The highest BCUT2D eigenvalue weighted by molar-refractivity contribution is 7.16. The Hall–Kier alpha value is -2.22. The fourth-order valence-corrected chi connectivity index (χ4v) is 2.97. The summed E-state index contributed by atoms with van der Waals surface area (Å²) in [5.74, 6) is 0.294. The van der Waals surface area contributed by atoms with Gasteiger partial charge in [-0.1, -0.05) is 0 Å². The number of nitrogen functional groups attached to an aromatic ring is 1. The second kappa shape index (κ2) is 4.71. The predicted molar refractivity (Wildman–Crippen MR) is 76.2 cm³/mol. The van der Waals surface area contributed by atoms with Gasteiger partial charge in [0, 0.05) is 13.5 Å². The second-order valence-corrected chi connectivity index (χ2v) is 5.49. The molecule has 1 atom stereocenters. The van der Waals surface area contributed by atoms with Gasteiger partial charge in [0.2, 0.25) is 11.9 Å². The van der Waals surface area contributed by atoms with Crippen LogP contribution >= 0.6 is 11.3 Å². The highest BCUT2D eigenvalue weighted by Crippen LogP contribution is 2.27. The van der Waals surface area contributed by atoms with Gasteiger partial charge in [0.15, 0.2) is 0 Å². The molecule has 7 nitrogen and oxygen atoms in total. The number of amides is 2. The number of nitrogens with zero attached hydrogens (tertiary/aromatic N) is 3. The van der Waals surface area contributed by atoms with Crippen molar-refractivity contribution in [2.45, 2.75) is 18.9 Å². The minimum atomic E-state index is -0.463. The van der Waals surface area contributed by atoms with Crippen molar-refractivity contribution < 1.29 is 9.59 Å². The van der Waals surface area contributed by atoms with E-state index in [0.29, 0.717) is 18.7 Å². The average molecular weight is 291 g/mol. The molecule has 3 N–H and O–H groups in total. The van der Waals surface area contributed by atoms with E-state index in [1.807, 2.05) is 11.4 Å². The Morgan fingerprint density at radius 1 is 1.45 bits per heavy atom. The summed E-state index contributed by atoms with van der Waals surface area (Å²) in [4.78, 5) is 33.7. The Bertz CT molecular complexity index is 698. The van der Waals surface area contributed by atoms with Crippen molar-refractivity contribution >= 4 is 45.1 Å². The molecule has 0 spiro atoms. The Balaban J connectivity index is 1.91. The first kappa shape index (κ1) is 12.8. The number of hydrogen-bond acceptors (Lipinski definition) is 7. The minimum absolute atomic E-state index is 0.157. The van der Waals surface area contributed by atoms with Crippen LogP contribution in [0.1, 0.15) is 12.8 Å². The molecule has 0 aliphatic carbocycles. The minimum Gasteiger partial charge on any atom is -0.368 e. The molecule has 1 fully saturated rings. The van der Waals surface area contributed by atoms with E-state index in [9.17, 15) is 9.59 Å². The predicted octanol–water partition coefficient (Wildman–Crippen LogP) is 0.833. The van der Waals surface area contributed by atoms with Gasteiger partial charge < -0.3 is 11.1 Å². The van der Waals surface area contributed by atoms with Crippen LogP contribution in [0.25, 0.3) is 10.2 Å². The van der Waals surface area contributed by atoms with Crippen molar-refractivity contribution in [2.24, 2.45) is 0 Å². The lowest BCUT2D eigenvalue weighted by Crippen LogP contribution is -2.48. The third-order valence-electron chi connectivity index (χ3n) is 3.30. The number of piperidine rings is 1. The van der Waals surface area contributed by atoms with Crippen LogP contribution in [0.15, 0.2) is 11.4 Å². The van der Waals surface area contributed by atoms with Crippen LogP contribution in [-0.2, 0) is 9.59 Å². The summed E-state index contributed by atoms with van der Waals surface area (Å²) >= 11 is 1.46. The maximum Gasteiger partial charge on any atom is 0.251 e. The number of nitrogens with two attached hydrogens (primary N) is 1. The van der Waals surface area contributed by atoms with E-state index in [-0.39, 0.29) is 17.8 Å². The normalized spacial score (nSPS) is 19.6. The largest absolute Gasteiger partial charge is 0.368 e. The fraction of sp³-hybridized carbons (Fsp3) is 0.333. The van der Waals surface area contributed by atoms with Gasteiger partial charge in [0.05, 0.1) is 5.39 Å². The number of carbonyl (C=O) groups excluding carboxylic acids is 2. The first-order chi connectivity index (χ1) is 9.56. The van der Waals surface area contributed by atoms with E-state index < -0.39 is 6.04 Å². The summed E-state index contributed by atoms with van der Waals surface area (Å²) in [5.41, 5.74) is 5.67. The Labute approximate surface area is 118 Å². The van der Waals surface area contributed by atoms with E-state index in [1.165, 1.54) is 18.4 Å². The van der Waals surface area contributed by atoms with Crippen LogP contribution in [0.3, 0.4) is 0 Å². The van der Waals surface area contributed by atoms with E-state index in [2.05, 4.69) is 15.3 Å². The maximum atomic E-state index is 12.1. The molecule has 1 aliphatic heterocycles. The highest BCUT2D eigenvalue weighted by Gasteiger charge is 2.32. The molecule has 1 saturated heterocycles. The van der Waals surface area contributed by atoms with Gasteiger partial charge >= 0.3 is 0 Å². The Kier molecular flexibility index (Phi) is 3.01. The van der Waals surface area contributed by atoms with Gasteiger partial charge in [-0.05, 0) is 17.9 Å². The van der Waals surface area contributed by atoms with E-state index >= 15 is 0 Å². The third-order valence-corrected chi connectivity index (χ3v) is 4.11. The lowest BCUT2D eigenvalue weighted by molar-refractivity contribution is -0.146. The quantitative estimate of drug-likeness (QED) is 0.795. The van der Waals surface area contributed by atoms with Crippen LogP contribution in [0, 0.1) is 0 Å². The zero-order valence-corrected chi connectivity index (χ0v) is 11.6. The number of hydrogen-bond donors (Lipinski definition) is 2. The molecule has 20 heavy (non-hydrogen) atoms. The number of carbonyl (C=O) groups is 2. The zero-order chi connectivity index (χ0) is 14.3. The molecule has 0 saturated carbocycles. The van der Waals surface area contributed by atoms with E-state index in [1.54, 1.807) is 0 Å². The maximum absolute atomic E-state index is 12.1. The molecular weight excluding hydrogens is 278 g/mol. The van der Waals surface area contributed by atoms with E-state index in [0.717, 1.165) is 15.1 Å². The third kappa shape index (κ3) is 2.07. The van der Waals surface area contributed by atoms with Crippen LogP contribution < -0.4 is 11.1 Å². The first-order valence-corrected chi connectivity index (χ1v) is 7.02. The number of rotatable bonds is 2. The van der Waals surface area contributed by atoms with Crippen molar-refractivity contribution in [3.8, 4) is 0 Å². The molecule has 2 aromatic heterocycles. The molecule has 0 bridgehead atoms. The molecular formula is C12H13N5O2S. The van der Waals surface area contributed by atoms with Crippen LogP contribution in [0.5, 0.6) is 0 Å². The number of nitrogens with one attached hydrogen (secondary N) is 1. The molecule has 0 aromatic carbocycles. The molecule has 1 unspecified atom stereocenters. The van der Waals surface area contributed by atoms with Gasteiger partial charge in [0.1, 0.15) is 16.7 Å². The van der Waals surface area contributed by atoms with Gasteiger partial charge in [0.25, 0.3) is 5.91 Å². The Morgan fingerprint density at radius 2 is 2.25 bits per heavy atom. The average Bonchev–Trinajstić information content (AvgIpc) is 2.87. The van der Waals surface area contributed by atoms with E-state index in [4.69, 9.17) is 5.73 Å². The highest BCUT2D eigenvalue weighted by atomic mass is 32.1. The summed E-state index contributed by atoms with van der Waals surface area (Å²) in [7, 11) is 1.49. The lowest BCUT2D eigenvalue weighted by Gasteiger charge is -2.28. The number of aromatic nitrogens is 2. The summed E-state index contributed by atoms with van der Waals surface area (Å²) in [5, 5.41) is 5.80.